The van der Waals surface area contributed by atoms with Crippen molar-refractivity contribution in [3.8, 4) is 11.5 Å². The number of imide groups is 1. The first-order valence-corrected chi connectivity index (χ1v) is 30.1. The Balaban J connectivity index is 0.813. The molecule has 0 saturated carbocycles. The molecule has 5 N–H and O–H groups in total. The third-order valence-corrected chi connectivity index (χ3v) is 15.4. The van der Waals surface area contributed by atoms with E-state index in [0.717, 1.165) is 37.1 Å². The summed E-state index contributed by atoms with van der Waals surface area (Å²) >= 11 is 5.70. The molecule has 22 nitrogen and oxygen atoms in total. The van der Waals surface area contributed by atoms with Gasteiger partial charge in [-0.05, 0) is 130 Å². The van der Waals surface area contributed by atoms with Gasteiger partial charge in [0, 0.05) is 142 Å². The molecule has 1 spiro atoms. The SMILES string of the molecule is CN(C)c1ccc2c(c1)Oc1cc(N(C)C)ccc1C21OC(=O)c2cc(C(=O)NCCCCNC(=O)C(CCCCNC(=O)c3ccc(C(=O)NCCOCCOCCCCCCCl)cc3)NC(=O)c3ccc(C(=O)ON4C(=O)CCC4=O)cc3)ccc21. The Bertz CT molecular complexity index is 3280. The van der Waals surface area contributed by atoms with Crippen LogP contribution < -0.4 is 41.1 Å². The highest BCUT2D eigenvalue weighted by molar-refractivity contribution is 6.17. The van der Waals surface area contributed by atoms with Crippen LogP contribution in [0.25, 0.3) is 0 Å². The molecule has 0 radical (unpaired) electrons. The van der Waals surface area contributed by atoms with E-state index in [4.69, 9.17) is 35.4 Å². The van der Waals surface area contributed by atoms with Crippen LogP contribution >= 0.6 is 11.6 Å². The predicted molar refractivity (Wildman–Crippen MR) is 328 cm³/mol. The van der Waals surface area contributed by atoms with Crippen LogP contribution in [-0.2, 0) is 39.0 Å². The molecule has 3 aliphatic rings. The number of hydrogen-bond donors (Lipinski definition) is 5. The molecule has 466 valence electrons. The number of amides is 7. The molecule has 1 saturated heterocycles. The summed E-state index contributed by atoms with van der Waals surface area (Å²) < 4.78 is 24.0. The number of fused-ring (bicyclic) bond motifs is 6. The number of benzene rings is 5. The van der Waals surface area contributed by atoms with E-state index in [1.807, 2.05) is 74.4 Å². The van der Waals surface area contributed by atoms with Gasteiger partial charge in [-0.3, -0.25) is 33.6 Å². The fourth-order valence-electron chi connectivity index (χ4n) is 10.2. The smallest absolute Gasteiger partial charge is 0.363 e. The van der Waals surface area contributed by atoms with Gasteiger partial charge in [-0.25, -0.2) is 9.59 Å². The minimum atomic E-state index is -1.33. The van der Waals surface area contributed by atoms with Gasteiger partial charge in [0.05, 0.1) is 30.9 Å². The number of nitrogens with one attached hydrogen (secondary N) is 5. The summed E-state index contributed by atoms with van der Waals surface area (Å²) in [7, 11) is 7.71. The second-order valence-corrected chi connectivity index (χ2v) is 22.2. The highest BCUT2D eigenvalue weighted by Crippen LogP contribution is 2.57. The Labute approximate surface area is 516 Å². The summed E-state index contributed by atoms with van der Waals surface area (Å²) in [6.07, 6.45) is 5.94. The average Bonchev–Trinajstić information content (AvgIpc) is 1.45. The maximum atomic E-state index is 13.9. The summed E-state index contributed by atoms with van der Waals surface area (Å²) in [5, 5.41) is 14.6. The van der Waals surface area contributed by atoms with Gasteiger partial charge in [0.1, 0.15) is 17.5 Å². The molecular formula is C65H75ClN8O14. The van der Waals surface area contributed by atoms with Crippen LogP contribution in [0.4, 0.5) is 11.4 Å². The monoisotopic (exact) mass is 1230 g/mol. The Morgan fingerprint density at radius 1 is 0.534 bits per heavy atom. The van der Waals surface area contributed by atoms with Crippen molar-refractivity contribution in [3.63, 3.8) is 0 Å². The van der Waals surface area contributed by atoms with Crippen molar-refractivity contribution in [1.29, 1.82) is 0 Å². The molecule has 1 fully saturated rings. The number of carbonyl (C=O) groups excluding carboxylic acids is 9. The van der Waals surface area contributed by atoms with Gasteiger partial charge in [-0.15, -0.1) is 16.7 Å². The molecule has 7 amide bonds. The first-order valence-electron chi connectivity index (χ1n) is 29.6. The van der Waals surface area contributed by atoms with Gasteiger partial charge in [0.25, 0.3) is 35.4 Å². The zero-order valence-corrected chi connectivity index (χ0v) is 50.7. The van der Waals surface area contributed by atoms with Gasteiger partial charge in [-0.2, -0.15) is 0 Å². The lowest BCUT2D eigenvalue weighted by atomic mass is 9.77. The van der Waals surface area contributed by atoms with E-state index in [2.05, 4.69) is 26.6 Å². The van der Waals surface area contributed by atoms with E-state index in [-0.39, 0.29) is 73.0 Å². The van der Waals surface area contributed by atoms with Crippen LogP contribution in [0.2, 0.25) is 0 Å². The topological polar surface area (TPSA) is 270 Å². The van der Waals surface area contributed by atoms with E-state index >= 15 is 0 Å². The number of esters is 1. The number of ether oxygens (including phenoxy) is 4. The molecule has 0 aromatic heterocycles. The predicted octanol–water partition coefficient (Wildman–Crippen LogP) is 7.19. The van der Waals surface area contributed by atoms with Crippen LogP contribution in [0.15, 0.2) is 103 Å². The van der Waals surface area contributed by atoms with E-state index in [0.29, 0.717) is 109 Å². The van der Waals surface area contributed by atoms with Crippen molar-refractivity contribution in [1.82, 2.24) is 31.6 Å². The summed E-state index contributed by atoms with van der Waals surface area (Å²) in [4.78, 5) is 126. The average molecular weight is 1230 g/mol. The Morgan fingerprint density at radius 3 is 1.60 bits per heavy atom. The fourth-order valence-corrected chi connectivity index (χ4v) is 10.4. The molecule has 0 bridgehead atoms. The van der Waals surface area contributed by atoms with Crippen LogP contribution in [0, 0.1) is 0 Å². The standard InChI is InChI=1S/C65H75ClN8O14/c1-72(2)47-23-26-51-54(40-47)86-55-41-48(73(3)4)24-27-52(55)65(51)50-25-22-46(39-49(50)64(83)87-65)60(79)68-32-10-11-33-69-62(81)53(71-61(80)44-18-20-45(21-19-44)63(82)88-74-56(75)28-29-57(74)76)13-7-9-31-67-58(77)42-14-16-43(17-15-42)59(78)70-34-36-85-38-37-84-35-12-6-5-8-30-66/h14-27,39-41,53H,5-13,28-38H2,1-4H3,(H,67,77)(H,68,79)(H,69,81)(H,70,78)(H,71,80). The number of hydroxylamine groups is 2. The minimum absolute atomic E-state index is 0.0238. The number of anilines is 2. The molecule has 5 aromatic rings. The maximum absolute atomic E-state index is 13.9. The summed E-state index contributed by atoms with van der Waals surface area (Å²) in [5.74, 6) is -3.25. The molecule has 0 aliphatic carbocycles. The fraction of sp³-hybridized carbons (Fsp3) is 0.400. The van der Waals surface area contributed by atoms with Crippen LogP contribution in [0.5, 0.6) is 11.5 Å². The van der Waals surface area contributed by atoms with Gasteiger partial charge >= 0.3 is 11.9 Å². The molecule has 23 heteroatoms. The Hall–Kier alpha value is -8.86. The third-order valence-electron chi connectivity index (χ3n) is 15.1. The first-order chi connectivity index (χ1) is 42.5. The molecule has 3 aliphatic heterocycles. The quantitative estimate of drug-likeness (QED) is 0.0123. The third kappa shape index (κ3) is 16.4. The lowest BCUT2D eigenvalue weighted by Crippen LogP contribution is -2.47. The number of hydrogen-bond acceptors (Lipinski definition) is 16. The van der Waals surface area contributed by atoms with Crippen molar-refractivity contribution in [2.45, 2.75) is 82.3 Å². The zero-order chi connectivity index (χ0) is 62.7. The Kier molecular flexibility index (Phi) is 23.1. The highest BCUT2D eigenvalue weighted by Gasteiger charge is 2.54. The van der Waals surface area contributed by atoms with E-state index in [1.54, 1.807) is 42.5 Å². The largest absolute Gasteiger partial charge is 0.456 e. The molecule has 8 rings (SSSR count). The highest BCUT2D eigenvalue weighted by atomic mass is 35.5. The molecule has 1 atom stereocenters. The molecule has 5 aromatic carbocycles. The van der Waals surface area contributed by atoms with Crippen molar-refractivity contribution in [3.05, 3.63) is 153 Å². The normalized spacial score (nSPS) is 13.7. The van der Waals surface area contributed by atoms with Crippen molar-refractivity contribution in [2.75, 3.05) is 96.5 Å². The lowest BCUT2D eigenvalue weighted by molar-refractivity contribution is -0.172. The summed E-state index contributed by atoms with van der Waals surface area (Å²) in [5.41, 5.74) is 3.66. The minimum Gasteiger partial charge on any atom is -0.456 e. The van der Waals surface area contributed by atoms with Gasteiger partial charge in [0.2, 0.25) is 5.91 Å². The van der Waals surface area contributed by atoms with Crippen molar-refractivity contribution < 1.29 is 66.9 Å². The van der Waals surface area contributed by atoms with Gasteiger partial charge in [0.15, 0.2) is 5.60 Å². The first kappa shape index (κ1) is 65.1. The molecule has 88 heavy (non-hydrogen) atoms. The number of nitrogens with zero attached hydrogens (tertiary/aromatic N) is 3. The van der Waals surface area contributed by atoms with Crippen molar-refractivity contribution >= 4 is 76.3 Å². The number of carbonyl (C=O) groups is 9. The molecular weight excluding hydrogens is 1150 g/mol. The molecule has 3 heterocycles. The van der Waals surface area contributed by atoms with E-state index < -0.39 is 53.1 Å². The van der Waals surface area contributed by atoms with Crippen LogP contribution in [0.1, 0.15) is 149 Å². The zero-order valence-electron chi connectivity index (χ0n) is 50.0. The number of unbranched alkanes of at least 4 members (excludes halogenated alkanes) is 5. The maximum Gasteiger partial charge on any atom is 0.363 e. The van der Waals surface area contributed by atoms with Crippen LogP contribution in [-0.4, -0.2) is 151 Å². The Morgan fingerprint density at radius 2 is 1.02 bits per heavy atom. The summed E-state index contributed by atoms with van der Waals surface area (Å²) in [6, 6.07) is 26.9. The second-order valence-electron chi connectivity index (χ2n) is 21.8. The number of halogens is 1. The van der Waals surface area contributed by atoms with E-state index in [1.165, 1.54) is 24.3 Å². The number of rotatable bonds is 32. The van der Waals surface area contributed by atoms with Crippen LogP contribution in [0.3, 0.4) is 0 Å². The van der Waals surface area contributed by atoms with Crippen molar-refractivity contribution in [2.24, 2.45) is 0 Å². The summed E-state index contributed by atoms with van der Waals surface area (Å²) in [6.45, 7) is 2.86. The second kappa shape index (κ2) is 31.2. The molecule has 1 unspecified atom stereocenters. The van der Waals surface area contributed by atoms with E-state index in [9.17, 15) is 43.2 Å². The van der Waals surface area contributed by atoms with Gasteiger partial charge < -0.3 is 60.2 Å². The van der Waals surface area contributed by atoms with Gasteiger partial charge in [-0.1, -0.05) is 18.9 Å². The number of alkyl halides is 1. The lowest BCUT2D eigenvalue weighted by Gasteiger charge is -2.37.